The predicted octanol–water partition coefficient (Wildman–Crippen LogP) is 1.32. The molecule has 0 unspecified atom stereocenters. The maximum Gasteiger partial charge on any atom is 0.232 e. The summed E-state index contributed by atoms with van der Waals surface area (Å²) in [7, 11) is -3.50. The fraction of sp³-hybridized carbons (Fsp3) is 0.188. The summed E-state index contributed by atoms with van der Waals surface area (Å²) in [6.07, 6.45) is 1.12. The van der Waals surface area contributed by atoms with Crippen LogP contribution >= 0.6 is 0 Å². The summed E-state index contributed by atoms with van der Waals surface area (Å²) in [6.45, 7) is 2.10. The molecular weight excluding hydrogens is 302 g/mol. The Hall–Kier alpha value is -2.34. The summed E-state index contributed by atoms with van der Waals surface area (Å²) in [5.41, 5.74) is 2.29. The van der Waals surface area contributed by atoms with Gasteiger partial charge in [-0.3, -0.25) is 4.31 Å². The second kappa shape index (κ2) is 6.19. The van der Waals surface area contributed by atoms with E-state index in [1.165, 1.54) is 28.6 Å². The number of hydrogen-bond donors (Lipinski definition) is 0. The molecule has 0 radical (unpaired) electrons. The van der Waals surface area contributed by atoms with Gasteiger partial charge in [-0.25, -0.2) is 8.42 Å². The van der Waals surface area contributed by atoms with Crippen molar-refractivity contribution in [2.45, 2.75) is 13.5 Å². The first-order chi connectivity index (χ1) is 10.3. The molecule has 0 bridgehead atoms. The van der Waals surface area contributed by atoms with Gasteiger partial charge in [0, 0.05) is 0 Å². The summed E-state index contributed by atoms with van der Waals surface area (Å²) < 4.78 is 25.4. The van der Waals surface area contributed by atoms with Crippen molar-refractivity contribution in [3.05, 3.63) is 65.2 Å². The average molecular weight is 318 g/mol. The monoisotopic (exact) mass is 318 g/mol. The van der Waals surface area contributed by atoms with Crippen LogP contribution in [0.1, 0.15) is 21.5 Å². The molecule has 6 heteroatoms. The second-order valence-corrected chi connectivity index (χ2v) is 6.94. The summed E-state index contributed by atoms with van der Waals surface area (Å²) in [5.74, 6) is -1.30. The molecule has 0 heterocycles. The Bertz CT molecular complexity index is 782. The molecule has 0 N–H and O–H groups in total. The topological polar surface area (TPSA) is 77.5 Å². The minimum Gasteiger partial charge on any atom is -0.545 e. The molecule has 0 aromatic heterocycles. The van der Waals surface area contributed by atoms with Crippen LogP contribution in [-0.4, -0.2) is 20.6 Å². The number of benzene rings is 2. The molecule has 0 amide bonds. The van der Waals surface area contributed by atoms with Crippen LogP contribution in [0.2, 0.25) is 0 Å². The molecule has 0 aliphatic carbocycles. The molecule has 0 aliphatic rings. The summed E-state index contributed by atoms with van der Waals surface area (Å²) in [6, 6.07) is 13.1. The molecule has 116 valence electrons. The van der Waals surface area contributed by atoms with Crippen molar-refractivity contribution in [3.63, 3.8) is 0 Å². The van der Waals surface area contributed by atoms with Crippen molar-refractivity contribution >= 4 is 21.7 Å². The van der Waals surface area contributed by atoms with Crippen molar-refractivity contribution in [1.82, 2.24) is 0 Å². The third kappa shape index (κ3) is 3.65. The van der Waals surface area contributed by atoms with Crippen molar-refractivity contribution in [3.8, 4) is 0 Å². The highest BCUT2D eigenvalue weighted by atomic mass is 32.2. The van der Waals surface area contributed by atoms with Gasteiger partial charge in [-0.2, -0.15) is 0 Å². The van der Waals surface area contributed by atoms with E-state index in [2.05, 4.69) is 0 Å². The number of rotatable bonds is 5. The molecule has 0 saturated carbocycles. The van der Waals surface area contributed by atoms with Gasteiger partial charge in [0.1, 0.15) is 0 Å². The van der Waals surface area contributed by atoms with E-state index in [0.29, 0.717) is 5.69 Å². The number of carbonyl (C=O) groups is 1. The highest BCUT2D eigenvalue weighted by Crippen LogP contribution is 2.22. The number of nitrogens with zero attached hydrogens (tertiary/aromatic N) is 1. The molecule has 0 fully saturated rings. The lowest BCUT2D eigenvalue weighted by molar-refractivity contribution is -0.255. The summed E-state index contributed by atoms with van der Waals surface area (Å²) in [5, 5.41) is 10.8. The maximum atomic E-state index is 12.1. The van der Waals surface area contributed by atoms with Crippen molar-refractivity contribution in [1.29, 1.82) is 0 Å². The van der Waals surface area contributed by atoms with Gasteiger partial charge in [-0.15, -0.1) is 0 Å². The number of hydrogen-bond acceptors (Lipinski definition) is 4. The standard InChI is InChI=1S/C16H17NO4S/c1-12-5-3-4-6-14(12)11-17(22(2,20)21)15-9-7-13(8-10-15)16(18)19/h3-10H,11H2,1-2H3,(H,18,19)/p-1. The molecule has 22 heavy (non-hydrogen) atoms. The minimum absolute atomic E-state index is 0.00749. The third-order valence-corrected chi connectivity index (χ3v) is 4.51. The first-order valence-corrected chi connectivity index (χ1v) is 8.47. The molecule has 2 aromatic rings. The minimum atomic E-state index is -3.50. The highest BCUT2D eigenvalue weighted by Gasteiger charge is 2.18. The van der Waals surface area contributed by atoms with Crippen LogP contribution in [0.15, 0.2) is 48.5 Å². The Morgan fingerprint density at radius 2 is 1.68 bits per heavy atom. The van der Waals surface area contributed by atoms with E-state index in [9.17, 15) is 18.3 Å². The number of aromatic carboxylic acids is 1. The zero-order valence-electron chi connectivity index (χ0n) is 12.3. The number of carboxylic acids is 1. The smallest absolute Gasteiger partial charge is 0.232 e. The first kappa shape index (κ1) is 16.0. The van der Waals surface area contributed by atoms with Crippen LogP contribution in [-0.2, 0) is 16.6 Å². The Balaban J connectivity index is 2.39. The van der Waals surface area contributed by atoms with Crippen LogP contribution in [0, 0.1) is 6.92 Å². The number of carbonyl (C=O) groups excluding carboxylic acids is 1. The van der Waals surface area contributed by atoms with Gasteiger partial charge in [0.2, 0.25) is 10.0 Å². The average Bonchev–Trinajstić information content (AvgIpc) is 2.45. The number of aryl methyl sites for hydroxylation is 1. The summed E-state index contributed by atoms with van der Waals surface area (Å²) in [4.78, 5) is 10.8. The van der Waals surface area contributed by atoms with Gasteiger partial charge in [0.15, 0.2) is 0 Å². The van der Waals surface area contributed by atoms with E-state index in [1.54, 1.807) is 0 Å². The Morgan fingerprint density at radius 3 is 2.18 bits per heavy atom. The van der Waals surface area contributed by atoms with E-state index in [4.69, 9.17) is 0 Å². The van der Waals surface area contributed by atoms with Crippen LogP contribution < -0.4 is 9.41 Å². The molecule has 2 aromatic carbocycles. The van der Waals surface area contributed by atoms with Gasteiger partial charge in [-0.05, 0) is 35.7 Å². The van der Waals surface area contributed by atoms with E-state index in [-0.39, 0.29) is 12.1 Å². The fourth-order valence-electron chi connectivity index (χ4n) is 2.11. The molecular formula is C16H16NO4S-. The zero-order chi connectivity index (χ0) is 16.3. The van der Waals surface area contributed by atoms with E-state index in [0.717, 1.165) is 17.4 Å². The molecule has 2 rings (SSSR count). The van der Waals surface area contributed by atoms with Gasteiger partial charge in [0.25, 0.3) is 0 Å². The van der Waals surface area contributed by atoms with Gasteiger partial charge < -0.3 is 9.90 Å². The maximum absolute atomic E-state index is 12.1. The van der Waals surface area contributed by atoms with Crippen LogP contribution in [0.3, 0.4) is 0 Å². The quantitative estimate of drug-likeness (QED) is 0.833. The van der Waals surface area contributed by atoms with E-state index in [1.807, 2.05) is 31.2 Å². The van der Waals surface area contributed by atoms with E-state index >= 15 is 0 Å². The number of sulfonamides is 1. The van der Waals surface area contributed by atoms with Gasteiger partial charge in [0.05, 0.1) is 24.5 Å². The molecule has 0 atom stereocenters. The number of anilines is 1. The molecule has 5 nitrogen and oxygen atoms in total. The number of carboxylic acid groups (broad SMARTS) is 1. The molecule has 0 saturated heterocycles. The van der Waals surface area contributed by atoms with Crippen LogP contribution in [0.25, 0.3) is 0 Å². The lowest BCUT2D eigenvalue weighted by atomic mass is 10.1. The normalized spacial score (nSPS) is 11.2. The van der Waals surface area contributed by atoms with Gasteiger partial charge >= 0.3 is 0 Å². The SMILES string of the molecule is Cc1ccccc1CN(c1ccc(C(=O)[O-])cc1)S(C)(=O)=O. The van der Waals surface area contributed by atoms with Crippen LogP contribution in [0.4, 0.5) is 5.69 Å². The Morgan fingerprint density at radius 1 is 1.09 bits per heavy atom. The lowest BCUT2D eigenvalue weighted by Crippen LogP contribution is -2.29. The Labute approximate surface area is 129 Å². The van der Waals surface area contributed by atoms with Gasteiger partial charge in [-0.1, -0.05) is 36.4 Å². The van der Waals surface area contributed by atoms with Crippen molar-refractivity contribution in [2.24, 2.45) is 0 Å². The fourth-order valence-corrected chi connectivity index (χ4v) is 2.98. The second-order valence-electron chi connectivity index (χ2n) is 5.03. The largest absolute Gasteiger partial charge is 0.545 e. The van der Waals surface area contributed by atoms with Crippen molar-refractivity contribution in [2.75, 3.05) is 10.6 Å². The van der Waals surface area contributed by atoms with Crippen molar-refractivity contribution < 1.29 is 18.3 Å². The third-order valence-electron chi connectivity index (χ3n) is 3.37. The zero-order valence-corrected chi connectivity index (χ0v) is 13.1. The van der Waals surface area contributed by atoms with Crippen LogP contribution in [0.5, 0.6) is 0 Å². The summed E-state index contributed by atoms with van der Waals surface area (Å²) >= 11 is 0. The Kier molecular flexibility index (Phi) is 4.51. The first-order valence-electron chi connectivity index (χ1n) is 6.62. The molecule has 0 spiro atoms. The molecule has 0 aliphatic heterocycles. The van der Waals surface area contributed by atoms with E-state index < -0.39 is 16.0 Å². The highest BCUT2D eigenvalue weighted by molar-refractivity contribution is 7.92. The lowest BCUT2D eigenvalue weighted by Gasteiger charge is -2.23. The predicted molar refractivity (Wildman–Crippen MR) is 83.0 cm³/mol.